The Labute approximate surface area is 156 Å². The van der Waals surface area contributed by atoms with E-state index < -0.39 is 0 Å². The van der Waals surface area contributed by atoms with E-state index >= 15 is 0 Å². The molecule has 27 heavy (non-hydrogen) atoms. The minimum atomic E-state index is 0.354. The van der Waals surface area contributed by atoms with Crippen LogP contribution in [0, 0.1) is 0 Å². The predicted molar refractivity (Wildman–Crippen MR) is 106 cm³/mol. The number of benzene rings is 1. The summed E-state index contributed by atoms with van der Waals surface area (Å²) in [5.41, 5.74) is 17.0. The molecular formula is C20H21N7. The Hall–Kier alpha value is -3.19. The Balaban J connectivity index is 1.46. The predicted octanol–water partition coefficient (Wildman–Crippen LogP) is 2.43. The number of imidazole rings is 1. The van der Waals surface area contributed by atoms with Gasteiger partial charge in [-0.15, -0.1) is 0 Å². The van der Waals surface area contributed by atoms with E-state index in [0.29, 0.717) is 23.2 Å². The third-order valence-electron chi connectivity index (χ3n) is 5.37. The molecule has 7 heteroatoms. The van der Waals surface area contributed by atoms with Crippen LogP contribution in [0.5, 0.6) is 0 Å². The minimum absolute atomic E-state index is 0.354. The van der Waals surface area contributed by atoms with Gasteiger partial charge in [0, 0.05) is 24.6 Å². The molecule has 1 unspecified atom stereocenters. The van der Waals surface area contributed by atoms with Gasteiger partial charge in [0.25, 0.3) is 0 Å². The summed E-state index contributed by atoms with van der Waals surface area (Å²) in [7, 11) is 0. The zero-order chi connectivity index (χ0) is 18.4. The van der Waals surface area contributed by atoms with Gasteiger partial charge in [0.15, 0.2) is 5.65 Å². The number of aromatic nitrogens is 4. The first-order chi connectivity index (χ1) is 13.2. The molecule has 0 saturated carbocycles. The van der Waals surface area contributed by atoms with Gasteiger partial charge in [0.05, 0.1) is 6.20 Å². The van der Waals surface area contributed by atoms with E-state index in [-0.39, 0.29) is 0 Å². The molecule has 7 nitrogen and oxygen atoms in total. The second kappa shape index (κ2) is 6.21. The third kappa shape index (κ3) is 2.76. The van der Waals surface area contributed by atoms with E-state index in [0.717, 1.165) is 42.7 Å². The molecule has 0 radical (unpaired) electrons. The molecule has 136 valence electrons. The zero-order valence-electron chi connectivity index (χ0n) is 14.9. The minimum Gasteiger partial charge on any atom is -0.383 e. The van der Waals surface area contributed by atoms with Crippen molar-refractivity contribution in [2.75, 3.05) is 24.6 Å². The van der Waals surface area contributed by atoms with Crippen LogP contribution < -0.4 is 11.5 Å². The van der Waals surface area contributed by atoms with Crippen LogP contribution in [-0.2, 0) is 6.54 Å². The highest BCUT2D eigenvalue weighted by Gasteiger charge is 2.26. The summed E-state index contributed by atoms with van der Waals surface area (Å²) in [6.45, 7) is 2.97. The summed E-state index contributed by atoms with van der Waals surface area (Å²) in [5.74, 6) is 1.37. The van der Waals surface area contributed by atoms with Crippen LogP contribution in [0.3, 0.4) is 0 Å². The summed E-state index contributed by atoms with van der Waals surface area (Å²) in [6.07, 6.45) is 4.44. The maximum absolute atomic E-state index is 6.34. The molecule has 1 aromatic carbocycles. The van der Waals surface area contributed by atoms with Gasteiger partial charge in [0.1, 0.15) is 29.0 Å². The number of nitrogens with two attached hydrogens (primary N) is 2. The number of nitrogens with zero attached hydrogens (tertiary/aromatic N) is 5. The molecule has 1 fully saturated rings. The van der Waals surface area contributed by atoms with E-state index in [1.807, 2.05) is 16.5 Å². The van der Waals surface area contributed by atoms with Crippen molar-refractivity contribution in [3.8, 4) is 0 Å². The van der Waals surface area contributed by atoms with Crippen molar-refractivity contribution < 1.29 is 0 Å². The van der Waals surface area contributed by atoms with Crippen LogP contribution in [0.2, 0.25) is 0 Å². The highest BCUT2D eigenvalue weighted by atomic mass is 15.1. The van der Waals surface area contributed by atoms with Crippen molar-refractivity contribution in [3.05, 3.63) is 60.0 Å². The fraction of sp³-hybridized carbons (Fsp3) is 0.250. The summed E-state index contributed by atoms with van der Waals surface area (Å²) in [5, 5.41) is 0. The maximum atomic E-state index is 6.34. The number of likely N-dealkylation sites (tertiary alicyclic amines) is 1. The Kier molecular flexibility index (Phi) is 3.68. The highest BCUT2D eigenvalue weighted by Crippen LogP contribution is 2.33. The van der Waals surface area contributed by atoms with Gasteiger partial charge in [-0.05, 0) is 24.6 Å². The largest absolute Gasteiger partial charge is 0.383 e. The standard InChI is InChI=1S/C20H21N7/c21-18-15(14-6-7-26(11-14)10-13-4-2-1-3-5-13)8-16-20(25-18)27-12-23-9-17(27)19(22)24-16/h1-5,8-9,12,14H,6-7,10-11H2,(H2,21,25)(H2,22,24). The third-order valence-corrected chi connectivity index (χ3v) is 5.37. The van der Waals surface area contributed by atoms with E-state index in [4.69, 9.17) is 11.5 Å². The van der Waals surface area contributed by atoms with Crippen molar-refractivity contribution in [2.24, 2.45) is 0 Å². The van der Waals surface area contributed by atoms with Gasteiger partial charge in [-0.25, -0.2) is 15.0 Å². The number of anilines is 2. The van der Waals surface area contributed by atoms with Gasteiger partial charge in [-0.1, -0.05) is 30.3 Å². The van der Waals surface area contributed by atoms with Crippen molar-refractivity contribution in [1.29, 1.82) is 0 Å². The maximum Gasteiger partial charge on any atom is 0.166 e. The molecular weight excluding hydrogens is 338 g/mol. The molecule has 1 aliphatic heterocycles. The number of hydrogen-bond donors (Lipinski definition) is 2. The summed E-state index contributed by atoms with van der Waals surface area (Å²) in [6, 6.07) is 12.6. The summed E-state index contributed by atoms with van der Waals surface area (Å²) >= 11 is 0. The summed E-state index contributed by atoms with van der Waals surface area (Å²) < 4.78 is 1.84. The van der Waals surface area contributed by atoms with Gasteiger partial charge in [0.2, 0.25) is 0 Å². The lowest BCUT2D eigenvalue weighted by Gasteiger charge is -2.17. The van der Waals surface area contributed by atoms with E-state index in [1.54, 1.807) is 12.5 Å². The molecule has 4 aromatic rings. The monoisotopic (exact) mass is 359 g/mol. The molecule has 1 saturated heterocycles. The number of fused-ring (bicyclic) bond motifs is 3. The topological polar surface area (TPSA) is 98.4 Å². The van der Waals surface area contributed by atoms with Gasteiger partial charge in [-0.3, -0.25) is 9.30 Å². The van der Waals surface area contributed by atoms with Crippen molar-refractivity contribution >= 4 is 28.3 Å². The second-order valence-corrected chi connectivity index (χ2v) is 7.16. The Morgan fingerprint density at radius 2 is 1.93 bits per heavy atom. The molecule has 1 aliphatic rings. The molecule has 4 heterocycles. The van der Waals surface area contributed by atoms with Crippen LogP contribution in [0.4, 0.5) is 11.6 Å². The molecule has 3 aromatic heterocycles. The lowest BCUT2D eigenvalue weighted by atomic mass is 9.99. The zero-order valence-corrected chi connectivity index (χ0v) is 14.9. The Morgan fingerprint density at radius 3 is 2.78 bits per heavy atom. The first-order valence-corrected chi connectivity index (χ1v) is 9.13. The van der Waals surface area contributed by atoms with Gasteiger partial charge < -0.3 is 11.5 Å². The first kappa shape index (κ1) is 16.0. The molecule has 0 amide bonds. The van der Waals surface area contributed by atoms with Gasteiger partial charge >= 0.3 is 0 Å². The lowest BCUT2D eigenvalue weighted by Crippen LogP contribution is -2.20. The summed E-state index contributed by atoms with van der Waals surface area (Å²) in [4.78, 5) is 15.8. The average Bonchev–Trinajstić information content (AvgIpc) is 3.33. The quantitative estimate of drug-likeness (QED) is 0.583. The van der Waals surface area contributed by atoms with E-state index in [1.165, 1.54) is 5.56 Å². The molecule has 0 bridgehead atoms. The van der Waals surface area contributed by atoms with Crippen molar-refractivity contribution in [1.82, 2.24) is 24.3 Å². The number of hydrogen-bond acceptors (Lipinski definition) is 6. The fourth-order valence-electron chi connectivity index (χ4n) is 4.02. The van der Waals surface area contributed by atoms with E-state index in [9.17, 15) is 0 Å². The molecule has 0 spiro atoms. The van der Waals surface area contributed by atoms with Gasteiger partial charge in [-0.2, -0.15) is 0 Å². The Morgan fingerprint density at radius 1 is 1.07 bits per heavy atom. The number of rotatable bonds is 3. The highest BCUT2D eigenvalue weighted by molar-refractivity contribution is 5.82. The normalized spacial score (nSPS) is 17.9. The van der Waals surface area contributed by atoms with Crippen LogP contribution in [-0.4, -0.2) is 37.3 Å². The van der Waals surface area contributed by atoms with E-state index in [2.05, 4.69) is 44.1 Å². The molecule has 4 N–H and O–H groups in total. The van der Waals surface area contributed by atoms with Crippen LogP contribution in [0.25, 0.3) is 16.7 Å². The van der Waals surface area contributed by atoms with Crippen molar-refractivity contribution in [3.63, 3.8) is 0 Å². The lowest BCUT2D eigenvalue weighted by molar-refractivity contribution is 0.327. The van der Waals surface area contributed by atoms with Crippen LogP contribution in [0.15, 0.2) is 48.9 Å². The van der Waals surface area contributed by atoms with Crippen molar-refractivity contribution in [2.45, 2.75) is 18.9 Å². The fourth-order valence-corrected chi connectivity index (χ4v) is 4.02. The Bertz CT molecular complexity index is 1120. The average molecular weight is 359 g/mol. The number of pyridine rings is 1. The van der Waals surface area contributed by atoms with Crippen LogP contribution >= 0.6 is 0 Å². The molecule has 1 atom stereocenters. The second-order valence-electron chi connectivity index (χ2n) is 7.16. The molecule has 0 aliphatic carbocycles. The van der Waals surface area contributed by atoms with Crippen LogP contribution in [0.1, 0.15) is 23.5 Å². The first-order valence-electron chi connectivity index (χ1n) is 9.13. The molecule has 5 rings (SSSR count). The smallest absolute Gasteiger partial charge is 0.166 e. The number of nitrogen functional groups attached to an aromatic ring is 2. The SMILES string of the molecule is Nc1nc2c(cc1C1CCN(Cc3ccccc3)C1)nc(N)c1cncn12.